The van der Waals surface area contributed by atoms with E-state index < -0.39 is 63.1 Å². The van der Waals surface area contributed by atoms with E-state index in [1.807, 2.05) is 0 Å². The van der Waals surface area contributed by atoms with Gasteiger partial charge in [0, 0.05) is 31.2 Å². The second-order valence-corrected chi connectivity index (χ2v) is 8.62. The minimum atomic E-state index is -1.63. The highest BCUT2D eigenvalue weighted by atomic mass is 19.1. The number of phenolic OH excluding ortho intramolecular Hbond substituents is 1. The zero-order valence-corrected chi connectivity index (χ0v) is 15.9. The summed E-state index contributed by atoms with van der Waals surface area (Å²) in [4.78, 5) is 25.5. The van der Waals surface area contributed by atoms with Crippen LogP contribution in [0.15, 0.2) is 11.0 Å². The first-order valence-corrected chi connectivity index (χ1v) is 9.84. The van der Waals surface area contributed by atoms with Gasteiger partial charge >= 0.3 is 5.97 Å². The fourth-order valence-corrected chi connectivity index (χ4v) is 4.62. The maximum absolute atomic E-state index is 15.6. The molecule has 3 fully saturated rings. The van der Waals surface area contributed by atoms with Crippen LogP contribution in [-0.4, -0.2) is 45.5 Å². The number of carboxylic acids is 1. The van der Waals surface area contributed by atoms with Gasteiger partial charge in [-0.25, -0.2) is 18.0 Å². The van der Waals surface area contributed by atoms with Crippen LogP contribution in [0.2, 0.25) is 0 Å². The molecule has 4 N–H and O–H groups in total. The number of halogens is 3. The fraction of sp³-hybridized carbons (Fsp3) is 0.500. The summed E-state index contributed by atoms with van der Waals surface area (Å²) in [6.07, 6.45) is 1.84. The van der Waals surface area contributed by atoms with Crippen molar-refractivity contribution in [1.29, 1.82) is 0 Å². The number of nitrogens with zero attached hydrogens (tertiary/aromatic N) is 2. The first kappa shape index (κ1) is 19.2. The van der Waals surface area contributed by atoms with E-state index in [9.17, 15) is 24.2 Å². The lowest BCUT2D eigenvalue weighted by molar-refractivity contribution is 0.0694. The molecule has 0 radical (unpaired) electrons. The molecule has 3 aliphatic rings. The summed E-state index contributed by atoms with van der Waals surface area (Å²) in [5, 5.41) is 18.9. The van der Waals surface area contributed by atoms with Crippen LogP contribution < -0.4 is 16.1 Å². The van der Waals surface area contributed by atoms with E-state index in [0.29, 0.717) is 19.5 Å². The highest BCUT2D eigenvalue weighted by molar-refractivity contribution is 5.97. The summed E-state index contributed by atoms with van der Waals surface area (Å²) in [5.41, 5.74) is 2.90. The number of hydrogen-bond acceptors (Lipinski definition) is 5. The number of fused-ring (bicyclic) bond motifs is 1. The van der Waals surface area contributed by atoms with Gasteiger partial charge in [0.2, 0.25) is 5.43 Å². The molecule has 7 nitrogen and oxygen atoms in total. The van der Waals surface area contributed by atoms with Crippen molar-refractivity contribution in [3.05, 3.63) is 33.6 Å². The number of pyridine rings is 1. The van der Waals surface area contributed by atoms with Crippen LogP contribution in [-0.2, 0) is 0 Å². The van der Waals surface area contributed by atoms with Crippen LogP contribution in [0.3, 0.4) is 0 Å². The van der Waals surface area contributed by atoms with Crippen molar-refractivity contribution in [2.45, 2.75) is 43.4 Å². The number of phenols is 1. The van der Waals surface area contributed by atoms with Gasteiger partial charge in [-0.15, -0.1) is 0 Å². The molecule has 1 saturated heterocycles. The monoisotopic (exact) mass is 423 g/mol. The SMILES string of the molecule is NC1(C2CCN(c3c(F)c(O)c4c(=O)c(C(=O)O)cn([C@@H]5CC5F)c4c3F)C2)CC1. The highest BCUT2D eigenvalue weighted by Crippen LogP contribution is 2.47. The van der Waals surface area contributed by atoms with E-state index in [1.54, 1.807) is 0 Å². The lowest BCUT2D eigenvalue weighted by Crippen LogP contribution is -2.35. The fourth-order valence-electron chi connectivity index (χ4n) is 4.62. The smallest absolute Gasteiger partial charge is 0.341 e. The highest BCUT2D eigenvalue weighted by Gasteiger charge is 2.49. The van der Waals surface area contributed by atoms with Crippen molar-refractivity contribution in [3.8, 4) is 5.75 Å². The third-order valence-electron chi connectivity index (χ3n) is 6.72. The van der Waals surface area contributed by atoms with Crippen molar-refractivity contribution in [2.75, 3.05) is 18.0 Å². The van der Waals surface area contributed by atoms with E-state index >= 15 is 8.78 Å². The van der Waals surface area contributed by atoms with Crippen LogP contribution >= 0.6 is 0 Å². The molecular formula is C20H20F3N3O4. The average molecular weight is 423 g/mol. The van der Waals surface area contributed by atoms with Gasteiger partial charge in [0.1, 0.15) is 17.4 Å². The molecule has 0 bridgehead atoms. The molecule has 5 rings (SSSR count). The van der Waals surface area contributed by atoms with E-state index in [1.165, 1.54) is 4.90 Å². The summed E-state index contributed by atoms with van der Waals surface area (Å²) in [6.45, 7) is 0.608. The summed E-state index contributed by atoms with van der Waals surface area (Å²) in [5.74, 6) is -5.16. The molecule has 1 aliphatic heterocycles. The largest absolute Gasteiger partial charge is 0.504 e. The van der Waals surface area contributed by atoms with Gasteiger partial charge in [0.05, 0.1) is 16.9 Å². The molecule has 30 heavy (non-hydrogen) atoms. The van der Waals surface area contributed by atoms with Crippen molar-refractivity contribution in [1.82, 2.24) is 4.57 Å². The zero-order valence-electron chi connectivity index (χ0n) is 15.9. The number of anilines is 1. The Kier molecular flexibility index (Phi) is 3.93. The predicted molar refractivity (Wildman–Crippen MR) is 102 cm³/mol. The van der Waals surface area contributed by atoms with E-state index in [0.717, 1.165) is 23.6 Å². The first-order valence-electron chi connectivity index (χ1n) is 9.84. The minimum Gasteiger partial charge on any atom is -0.504 e. The number of hydrogen-bond donors (Lipinski definition) is 3. The summed E-state index contributed by atoms with van der Waals surface area (Å²) >= 11 is 0. The topological polar surface area (TPSA) is 109 Å². The second-order valence-electron chi connectivity index (χ2n) is 8.62. The zero-order chi connectivity index (χ0) is 21.5. The van der Waals surface area contributed by atoms with Crippen LogP contribution in [0.1, 0.15) is 42.1 Å². The summed E-state index contributed by atoms with van der Waals surface area (Å²) in [7, 11) is 0. The number of carboxylic acid groups (broad SMARTS) is 1. The van der Waals surface area contributed by atoms with Gasteiger partial charge in [-0.05, 0) is 25.2 Å². The maximum atomic E-state index is 15.6. The normalized spacial score (nSPS) is 26.9. The van der Waals surface area contributed by atoms with Gasteiger partial charge in [0.15, 0.2) is 17.4 Å². The van der Waals surface area contributed by atoms with Crippen LogP contribution in [0.5, 0.6) is 5.75 Å². The maximum Gasteiger partial charge on any atom is 0.341 e. The van der Waals surface area contributed by atoms with Crippen LogP contribution in [0.25, 0.3) is 10.9 Å². The number of benzene rings is 1. The number of carbonyl (C=O) groups is 1. The second kappa shape index (κ2) is 6.13. The molecule has 2 heterocycles. The lowest BCUT2D eigenvalue weighted by atomic mass is 9.97. The molecule has 2 saturated carbocycles. The van der Waals surface area contributed by atoms with E-state index in [-0.39, 0.29) is 17.9 Å². The Hall–Kier alpha value is -2.75. The number of alkyl halides is 1. The summed E-state index contributed by atoms with van der Waals surface area (Å²) < 4.78 is 45.5. The molecule has 160 valence electrons. The standard InChI is InChI=1S/C20H20F3N3O4/c21-10-5-11(10)26-7-9(19(29)30)17(27)12-15(26)13(22)16(14(23)18(12)28)25-4-1-8(6-25)20(24)2-3-20/h7-8,10-11,28H,1-6,24H2,(H,29,30)/t8?,10?,11-/m1/s1. The average Bonchev–Trinajstić information content (AvgIpc) is 3.55. The minimum absolute atomic E-state index is 0.00538. The Morgan fingerprint density at radius 1 is 1.27 bits per heavy atom. The number of aromatic nitrogens is 1. The molecule has 2 unspecified atom stereocenters. The van der Waals surface area contributed by atoms with Gasteiger partial charge in [0.25, 0.3) is 0 Å². The quantitative estimate of drug-likeness (QED) is 0.696. The Bertz CT molecular complexity index is 1160. The van der Waals surface area contributed by atoms with E-state index in [2.05, 4.69) is 0 Å². The van der Waals surface area contributed by atoms with Gasteiger partial charge in [-0.2, -0.15) is 0 Å². The van der Waals surface area contributed by atoms with Gasteiger partial charge in [-0.1, -0.05) is 0 Å². The molecule has 1 aromatic heterocycles. The molecule has 3 atom stereocenters. The van der Waals surface area contributed by atoms with E-state index in [4.69, 9.17) is 5.73 Å². The predicted octanol–water partition coefficient (Wildman–Crippen LogP) is 2.28. The van der Waals surface area contributed by atoms with Crippen molar-refractivity contribution < 1.29 is 28.2 Å². The lowest BCUT2D eigenvalue weighted by Gasteiger charge is -2.24. The molecule has 0 spiro atoms. The first-order chi connectivity index (χ1) is 14.1. The Morgan fingerprint density at radius 3 is 2.50 bits per heavy atom. The molecule has 10 heteroatoms. The Labute approximate surface area is 168 Å². The number of aromatic hydroxyl groups is 1. The molecule has 2 aromatic rings. The van der Waals surface area contributed by atoms with Crippen LogP contribution in [0.4, 0.5) is 18.9 Å². The van der Waals surface area contributed by atoms with Crippen molar-refractivity contribution in [3.63, 3.8) is 0 Å². The molecule has 0 amide bonds. The Balaban J connectivity index is 1.73. The van der Waals surface area contributed by atoms with Gasteiger partial charge < -0.3 is 25.4 Å². The molecule has 2 aliphatic carbocycles. The van der Waals surface area contributed by atoms with Gasteiger partial charge in [-0.3, -0.25) is 4.79 Å². The summed E-state index contributed by atoms with van der Waals surface area (Å²) in [6, 6.07) is -0.886. The van der Waals surface area contributed by atoms with Crippen molar-refractivity contribution in [2.24, 2.45) is 11.7 Å². The van der Waals surface area contributed by atoms with Crippen molar-refractivity contribution >= 4 is 22.6 Å². The third-order valence-corrected chi connectivity index (χ3v) is 6.72. The third kappa shape index (κ3) is 2.62. The number of aromatic carboxylic acids is 1. The van der Waals surface area contributed by atoms with Crippen LogP contribution in [0, 0.1) is 17.6 Å². The Morgan fingerprint density at radius 2 is 1.93 bits per heavy atom. The number of nitrogens with two attached hydrogens (primary N) is 1. The number of rotatable bonds is 4. The molecular weight excluding hydrogens is 403 g/mol. The molecule has 1 aromatic carbocycles.